The second-order valence-electron chi connectivity index (χ2n) is 7.13. The van der Waals surface area contributed by atoms with Gasteiger partial charge in [-0.3, -0.25) is 9.59 Å². The molecule has 0 radical (unpaired) electrons. The summed E-state index contributed by atoms with van der Waals surface area (Å²) in [6.07, 6.45) is 3.55. The molecule has 0 saturated carbocycles. The number of aromatic amines is 1. The predicted molar refractivity (Wildman–Crippen MR) is 110 cm³/mol. The number of aromatic nitrogens is 1. The van der Waals surface area contributed by atoms with Crippen LogP contribution in [0.1, 0.15) is 32.3 Å². The number of hydrogen-bond acceptors (Lipinski definition) is 2. The highest BCUT2D eigenvalue weighted by Gasteiger charge is 2.08. The van der Waals surface area contributed by atoms with E-state index in [0.29, 0.717) is 25.2 Å². The van der Waals surface area contributed by atoms with Crippen molar-refractivity contribution in [1.29, 1.82) is 0 Å². The fourth-order valence-corrected chi connectivity index (χ4v) is 3.03. The Balaban J connectivity index is 1.51. The van der Waals surface area contributed by atoms with Gasteiger partial charge in [0, 0.05) is 41.3 Å². The molecule has 3 N–H and O–H groups in total. The van der Waals surface area contributed by atoms with E-state index >= 15 is 0 Å². The molecule has 5 heteroatoms. The van der Waals surface area contributed by atoms with Crippen LogP contribution in [0.4, 0.5) is 11.4 Å². The lowest BCUT2D eigenvalue weighted by molar-refractivity contribution is -0.117. The molecule has 0 unspecified atom stereocenters. The number of aryl methyl sites for hydroxylation is 1. The lowest BCUT2D eigenvalue weighted by Gasteiger charge is -2.09. The van der Waals surface area contributed by atoms with Crippen molar-refractivity contribution in [3.05, 3.63) is 60.3 Å². The van der Waals surface area contributed by atoms with Gasteiger partial charge < -0.3 is 15.6 Å². The van der Waals surface area contributed by atoms with Crippen LogP contribution in [-0.4, -0.2) is 16.8 Å². The summed E-state index contributed by atoms with van der Waals surface area (Å²) in [5.41, 5.74) is 3.69. The maximum absolute atomic E-state index is 12.2. The Morgan fingerprint density at radius 2 is 1.56 bits per heavy atom. The van der Waals surface area contributed by atoms with Crippen LogP contribution in [0.2, 0.25) is 0 Å². The fourth-order valence-electron chi connectivity index (χ4n) is 3.03. The Hall–Kier alpha value is -3.08. The minimum atomic E-state index is -0.0307. The van der Waals surface area contributed by atoms with Gasteiger partial charge in [-0.2, -0.15) is 0 Å². The zero-order chi connectivity index (χ0) is 19.2. The van der Waals surface area contributed by atoms with E-state index in [9.17, 15) is 9.59 Å². The highest BCUT2D eigenvalue weighted by atomic mass is 16.2. The molecular weight excluding hydrogens is 338 g/mol. The molecule has 0 spiro atoms. The Morgan fingerprint density at radius 3 is 2.22 bits per heavy atom. The van der Waals surface area contributed by atoms with Crippen LogP contribution in [0.15, 0.2) is 54.7 Å². The summed E-state index contributed by atoms with van der Waals surface area (Å²) in [6, 6.07) is 15.3. The van der Waals surface area contributed by atoms with Gasteiger partial charge in [0.15, 0.2) is 0 Å². The average Bonchev–Trinajstić information content (AvgIpc) is 3.04. The number of amides is 2. The number of hydrogen-bond donors (Lipinski definition) is 3. The fraction of sp³-hybridized carbons (Fsp3) is 0.273. The first kappa shape index (κ1) is 18.7. The van der Waals surface area contributed by atoms with E-state index in [4.69, 9.17) is 0 Å². The summed E-state index contributed by atoms with van der Waals surface area (Å²) in [7, 11) is 0. The van der Waals surface area contributed by atoms with E-state index in [1.165, 1.54) is 0 Å². The number of carbonyl (C=O) groups excluding carboxylic acids is 2. The van der Waals surface area contributed by atoms with E-state index in [0.717, 1.165) is 27.8 Å². The molecule has 0 saturated heterocycles. The molecule has 1 aromatic heterocycles. The summed E-state index contributed by atoms with van der Waals surface area (Å²) in [4.78, 5) is 27.3. The maximum atomic E-state index is 12.2. The van der Waals surface area contributed by atoms with Gasteiger partial charge in [0.05, 0.1) is 0 Å². The van der Waals surface area contributed by atoms with Crippen molar-refractivity contribution < 1.29 is 9.59 Å². The summed E-state index contributed by atoms with van der Waals surface area (Å²) in [5.74, 6) is 0.290. The number of fused-ring (bicyclic) bond motifs is 1. The molecule has 0 atom stereocenters. The Bertz CT molecular complexity index is 926. The number of anilines is 2. The van der Waals surface area contributed by atoms with Crippen LogP contribution in [-0.2, 0) is 16.0 Å². The molecule has 0 fully saturated rings. The van der Waals surface area contributed by atoms with Crippen molar-refractivity contribution in [3.8, 4) is 0 Å². The normalized spacial score (nSPS) is 10.9. The van der Waals surface area contributed by atoms with Crippen LogP contribution in [0.3, 0.4) is 0 Å². The number of rotatable bonds is 7. The SMILES string of the molecule is CC(C)CC(=O)Nc1ccc(NC(=O)CCc2c[nH]c3ccccc23)cc1. The van der Waals surface area contributed by atoms with Crippen molar-refractivity contribution in [3.63, 3.8) is 0 Å². The maximum Gasteiger partial charge on any atom is 0.224 e. The number of carbonyl (C=O) groups is 2. The number of H-pyrrole nitrogens is 1. The highest BCUT2D eigenvalue weighted by Crippen LogP contribution is 2.20. The monoisotopic (exact) mass is 363 g/mol. The van der Waals surface area contributed by atoms with E-state index in [1.807, 2.05) is 38.2 Å². The van der Waals surface area contributed by atoms with E-state index in [-0.39, 0.29) is 11.8 Å². The van der Waals surface area contributed by atoms with Crippen molar-refractivity contribution in [2.75, 3.05) is 10.6 Å². The third-order valence-electron chi connectivity index (χ3n) is 4.34. The molecule has 3 rings (SSSR count). The first-order valence-electron chi connectivity index (χ1n) is 9.26. The number of nitrogens with one attached hydrogen (secondary N) is 3. The van der Waals surface area contributed by atoms with Gasteiger partial charge in [-0.1, -0.05) is 32.0 Å². The smallest absolute Gasteiger partial charge is 0.224 e. The average molecular weight is 363 g/mol. The van der Waals surface area contributed by atoms with Gasteiger partial charge in [0.25, 0.3) is 0 Å². The van der Waals surface area contributed by atoms with Crippen LogP contribution in [0, 0.1) is 5.92 Å². The number of para-hydroxylation sites is 1. The molecule has 2 aromatic carbocycles. The standard InChI is InChI=1S/C22H25N3O2/c1-15(2)13-22(27)25-18-10-8-17(9-11-18)24-21(26)12-7-16-14-23-20-6-4-3-5-19(16)20/h3-6,8-11,14-15,23H,7,12-13H2,1-2H3,(H,24,26)(H,25,27). The molecule has 140 valence electrons. The second kappa shape index (κ2) is 8.54. The zero-order valence-electron chi connectivity index (χ0n) is 15.7. The van der Waals surface area contributed by atoms with Gasteiger partial charge in [0.1, 0.15) is 0 Å². The summed E-state index contributed by atoms with van der Waals surface area (Å²) < 4.78 is 0. The molecule has 2 amide bonds. The quantitative estimate of drug-likeness (QED) is 0.568. The largest absolute Gasteiger partial charge is 0.361 e. The zero-order valence-corrected chi connectivity index (χ0v) is 15.7. The van der Waals surface area contributed by atoms with Crippen molar-refractivity contribution >= 4 is 34.1 Å². The summed E-state index contributed by atoms with van der Waals surface area (Å²) in [5, 5.41) is 6.92. The third-order valence-corrected chi connectivity index (χ3v) is 4.34. The molecule has 0 aliphatic heterocycles. The van der Waals surface area contributed by atoms with Crippen LogP contribution >= 0.6 is 0 Å². The first-order valence-corrected chi connectivity index (χ1v) is 9.26. The Kier molecular flexibility index (Phi) is 5.91. The van der Waals surface area contributed by atoms with Crippen molar-refractivity contribution in [2.24, 2.45) is 5.92 Å². The first-order chi connectivity index (χ1) is 13.0. The van der Waals surface area contributed by atoms with E-state index < -0.39 is 0 Å². The van der Waals surface area contributed by atoms with E-state index in [1.54, 1.807) is 24.3 Å². The van der Waals surface area contributed by atoms with Crippen LogP contribution in [0.5, 0.6) is 0 Å². The van der Waals surface area contributed by atoms with Gasteiger partial charge in [0.2, 0.25) is 11.8 Å². The van der Waals surface area contributed by atoms with Crippen LogP contribution in [0.25, 0.3) is 10.9 Å². The minimum Gasteiger partial charge on any atom is -0.361 e. The van der Waals surface area contributed by atoms with Gasteiger partial charge in [-0.05, 0) is 48.2 Å². The molecule has 3 aromatic rings. The molecule has 27 heavy (non-hydrogen) atoms. The minimum absolute atomic E-state index is 0.000477. The second-order valence-corrected chi connectivity index (χ2v) is 7.13. The van der Waals surface area contributed by atoms with Gasteiger partial charge in [-0.15, -0.1) is 0 Å². The Morgan fingerprint density at radius 1 is 0.926 bits per heavy atom. The van der Waals surface area contributed by atoms with E-state index in [2.05, 4.69) is 21.7 Å². The number of benzene rings is 2. The van der Waals surface area contributed by atoms with Gasteiger partial charge in [-0.25, -0.2) is 0 Å². The van der Waals surface area contributed by atoms with Gasteiger partial charge >= 0.3 is 0 Å². The summed E-state index contributed by atoms with van der Waals surface area (Å²) >= 11 is 0. The lowest BCUT2D eigenvalue weighted by atomic mass is 10.1. The molecule has 5 nitrogen and oxygen atoms in total. The van der Waals surface area contributed by atoms with Crippen molar-refractivity contribution in [2.45, 2.75) is 33.1 Å². The van der Waals surface area contributed by atoms with Crippen molar-refractivity contribution in [1.82, 2.24) is 4.98 Å². The lowest BCUT2D eigenvalue weighted by Crippen LogP contribution is -2.14. The van der Waals surface area contributed by atoms with Crippen LogP contribution < -0.4 is 10.6 Å². The Labute approximate surface area is 159 Å². The molecule has 0 aliphatic carbocycles. The highest BCUT2D eigenvalue weighted by molar-refractivity contribution is 5.93. The molecular formula is C22H25N3O2. The molecule has 0 bridgehead atoms. The third kappa shape index (κ3) is 5.20. The predicted octanol–water partition coefficient (Wildman–Crippen LogP) is 4.72. The molecule has 1 heterocycles. The molecule has 0 aliphatic rings. The topological polar surface area (TPSA) is 74.0 Å². The summed E-state index contributed by atoms with van der Waals surface area (Å²) in [6.45, 7) is 4.02.